The van der Waals surface area contributed by atoms with E-state index >= 15 is 0 Å². The van der Waals surface area contributed by atoms with Crippen molar-refractivity contribution in [1.29, 1.82) is 0 Å². The molecule has 0 saturated heterocycles. The molecule has 0 fully saturated rings. The maximum Gasteiger partial charge on any atom is 0.241 e. The molecule has 8 nitrogen and oxygen atoms in total. The molecule has 0 radical (unpaired) electrons. The number of nitrogens with zero attached hydrogens (tertiary/aromatic N) is 2. The lowest BCUT2D eigenvalue weighted by molar-refractivity contribution is -0.123. The van der Waals surface area contributed by atoms with Gasteiger partial charge in [0.2, 0.25) is 11.8 Å². The number of halogens is 1. The molecule has 26 heavy (non-hydrogen) atoms. The average Bonchev–Trinajstić information content (AvgIpc) is 3.02. The second-order valence-corrected chi connectivity index (χ2v) is 6.04. The quantitative estimate of drug-likeness (QED) is 0.645. The van der Waals surface area contributed by atoms with Crippen molar-refractivity contribution in [1.82, 2.24) is 20.4 Å². The van der Waals surface area contributed by atoms with Gasteiger partial charge >= 0.3 is 0 Å². The largest absolute Gasteiger partial charge is 0.495 e. The molecule has 2 aromatic rings. The fourth-order valence-corrected chi connectivity index (χ4v) is 2.60. The summed E-state index contributed by atoms with van der Waals surface area (Å²) in [6, 6.07) is 4.42. The number of methoxy groups -OCH3 is 1. The molecule has 1 heterocycles. The zero-order valence-corrected chi connectivity index (χ0v) is 15.6. The van der Waals surface area contributed by atoms with Crippen LogP contribution in [0.15, 0.2) is 30.6 Å². The third-order valence-electron chi connectivity index (χ3n) is 3.70. The number of hydrogen-bond donors (Lipinski definition) is 3. The van der Waals surface area contributed by atoms with Crippen LogP contribution in [-0.4, -0.2) is 42.3 Å². The summed E-state index contributed by atoms with van der Waals surface area (Å²) in [5, 5.41) is 12.9. The van der Waals surface area contributed by atoms with Gasteiger partial charge in [0.05, 0.1) is 19.0 Å². The van der Waals surface area contributed by atoms with Crippen LogP contribution in [0, 0.1) is 0 Å². The first-order valence-corrected chi connectivity index (χ1v) is 8.39. The van der Waals surface area contributed by atoms with E-state index in [2.05, 4.69) is 21.0 Å². The van der Waals surface area contributed by atoms with Crippen LogP contribution in [0.1, 0.15) is 18.0 Å². The Hall–Kier alpha value is -2.58. The number of rotatable bonds is 8. The van der Waals surface area contributed by atoms with Crippen LogP contribution in [-0.2, 0) is 16.6 Å². The van der Waals surface area contributed by atoms with Crippen molar-refractivity contribution in [2.24, 2.45) is 7.05 Å². The number of carbonyl (C=O) groups is 2. The summed E-state index contributed by atoms with van der Waals surface area (Å²) in [6.07, 6.45) is 3.50. The van der Waals surface area contributed by atoms with E-state index in [4.69, 9.17) is 16.3 Å². The number of hydrogen-bond acceptors (Lipinski definition) is 5. The molecule has 0 aliphatic heterocycles. The number of ether oxygens (including phenoxy) is 1. The number of nitrogens with one attached hydrogen (secondary N) is 3. The van der Waals surface area contributed by atoms with Gasteiger partial charge < -0.3 is 20.7 Å². The summed E-state index contributed by atoms with van der Waals surface area (Å²) in [5.74, 6) is 0.0282. The van der Waals surface area contributed by atoms with Crippen molar-refractivity contribution in [3.8, 4) is 5.75 Å². The fraction of sp³-hybridized carbons (Fsp3) is 0.353. The van der Waals surface area contributed by atoms with Crippen molar-refractivity contribution in [2.45, 2.75) is 12.5 Å². The Bertz CT molecular complexity index is 778. The molecule has 140 valence electrons. The zero-order valence-electron chi connectivity index (χ0n) is 14.9. The normalized spacial score (nSPS) is 11.7. The standard InChI is InChI=1S/C17H22ClN5O3/c1-19-16(11-9-21-23(2)10-11)17(25)20-7-6-15(24)22-13-8-12(18)4-5-14(13)26-3/h4-5,8-10,16,19H,6-7H2,1-3H3,(H,20,25)(H,22,24). The van der Waals surface area contributed by atoms with E-state index in [9.17, 15) is 9.59 Å². The number of benzene rings is 1. The lowest BCUT2D eigenvalue weighted by Crippen LogP contribution is -2.37. The zero-order chi connectivity index (χ0) is 19.1. The Morgan fingerprint density at radius 1 is 1.38 bits per heavy atom. The highest BCUT2D eigenvalue weighted by molar-refractivity contribution is 6.31. The lowest BCUT2D eigenvalue weighted by Gasteiger charge is -2.15. The van der Waals surface area contributed by atoms with Crippen LogP contribution in [0.3, 0.4) is 0 Å². The van der Waals surface area contributed by atoms with Crippen LogP contribution in [0.4, 0.5) is 5.69 Å². The molecule has 9 heteroatoms. The first-order chi connectivity index (χ1) is 12.4. The van der Waals surface area contributed by atoms with Crippen molar-refractivity contribution in [2.75, 3.05) is 26.0 Å². The first-order valence-electron chi connectivity index (χ1n) is 8.01. The molecule has 2 amide bonds. The van der Waals surface area contributed by atoms with Gasteiger partial charge in [-0.1, -0.05) is 11.6 Å². The topological polar surface area (TPSA) is 97.3 Å². The van der Waals surface area contributed by atoms with Gasteiger partial charge in [-0.05, 0) is 25.2 Å². The second-order valence-electron chi connectivity index (χ2n) is 5.60. The van der Waals surface area contributed by atoms with E-state index in [1.54, 1.807) is 49.4 Å². The van der Waals surface area contributed by atoms with Crippen LogP contribution >= 0.6 is 11.6 Å². The van der Waals surface area contributed by atoms with Crippen LogP contribution in [0.2, 0.25) is 5.02 Å². The highest BCUT2D eigenvalue weighted by atomic mass is 35.5. The number of carbonyl (C=O) groups excluding carboxylic acids is 2. The second kappa shape index (κ2) is 9.21. The summed E-state index contributed by atoms with van der Waals surface area (Å²) >= 11 is 5.94. The van der Waals surface area contributed by atoms with Gasteiger partial charge in [-0.15, -0.1) is 0 Å². The molecule has 0 aliphatic carbocycles. The molecule has 1 unspecified atom stereocenters. The molecular weight excluding hydrogens is 358 g/mol. The van der Waals surface area contributed by atoms with Gasteiger partial charge in [-0.3, -0.25) is 14.3 Å². The SMILES string of the molecule is CNC(C(=O)NCCC(=O)Nc1cc(Cl)ccc1OC)c1cnn(C)c1. The molecular formula is C17H22ClN5O3. The van der Waals surface area contributed by atoms with Gasteiger partial charge in [0.15, 0.2) is 0 Å². The minimum absolute atomic E-state index is 0.116. The number of likely N-dealkylation sites (N-methyl/N-ethyl adjacent to an activating group) is 1. The predicted molar refractivity (Wildman–Crippen MR) is 99.3 cm³/mol. The predicted octanol–water partition coefficient (Wildman–Crippen LogP) is 1.49. The minimum atomic E-state index is -0.528. The highest BCUT2D eigenvalue weighted by Gasteiger charge is 2.20. The third-order valence-corrected chi connectivity index (χ3v) is 3.93. The summed E-state index contributed by atoms with van der Waals surface area (Å²) in [6.45, 7) is 0.200. The Kier molecular flexibility index (Phi) is 6.99. The summed E-state index contributed by atoms with van der Waals surface area (Å²) < 4.78 is 6.81. The molecule has 1 aromatic heterocycles. The van der Waals surface area contributed by atoms with Crippen molar-refractivity contribution < 1.29 is 14.3 Å². The maximum absolute atomic E-state index is 12.3. The Morgan fingerprint density at radius 2 is 2.15 bits per heavy atom. The van der Waals surface area contributed by atoms with Gasteiger partial charge in [-0.25, -0.2) is 0 Å². The minimum Gasteiger partial charge on any atom is -0.495 e. The summed E-state index contributed by atoms with van der Waals surface area (Å²) in [7, 11) is 4.98. The Labute approximate surface area is 156 Å². The van der Waals surface area contributed by atoms with E-state index < -0.39 is 6.04 Å². The smallest absolute Gasteiger partial charge is 0.241 e. The van der Waals surface area contributed by atoms with Crippen molar-refractivity contribution in [3.05, 3.63) is 41.2 Å². The lowest BCUT2D eigenvalue weighted by atomic mass is 10.1. The number of aromatic nitrogens is 2. The third kappa shape index (κ3) is 5.21. The van der Waals surface area contributed by atoms with Crippen LogP contribution < -0.4 is 20.7 Å². The summed E-state index contributed by atoms with van der Waals surface area (Å²) in [4.78, 5) is 24.4. The van der Waals surface area contributed by atoms with E-state index in [0.29, 0.717) is 16.5 Å². The fourth-order valence-electron chi connectivity index (χ4n) is 2.43. The Morgan fingerprint density at radius 3 is 2.77 bits per heavy atom. The molecule has 3 N–H and O–H groups in total. The molecule has 1 aromatic carbocycles. The molecule has 2 rings (SSSR count). The molecule has 0 bridgehead atoms. The number of aryl methyl sites for hydroxylation is 1. The van der Waals surface area contributed by atoms with E-state index in [1.807, 2.05) is 0 Å². The number of amides is 2. The Balaban J connectivity index is 1.86. The molecule has 0 saturated carbocycles. The van der Waals surface area contributed by atoms with Gasteiger partial charge in [-0.2, -0.15) is 5.10 Å². The number of anilines is 1. The van der Waals surface area contributed by atoms with Crippen molar-refractivity contribution in [3.63, 3.8) is 0 Å². The van der Waals surface area contributed by atoms with Gasteiger partial charge in [0, 0.05) is 36.8 Å². The van der Waals surface area contributed by atoms with E-state index in [-0.39, 0.29) is 24.8 Å². The maximum atomic E-state index is 12.3. The van der Waals surface area contributed by atoms with Crippen LogP contribution in [0.5, 0.6) is 5.75 Å². The molecule has 0 aliphatic rings. The van der Waals surface area contributed by atoms with E-state index in [0.717, 1.165) is 5.56 Å². The van der Waals surface area contributed by atoms with Crippen LogP contribution in [0.25, 0.3) is 0 Å². The monoisotopic (exact) mass is 379 g/mol. The van der Waals surface area contributed by atoms with E-state index in [1.165, 1.54) is 7.11 Å². The summed E-state index contributed by atoms with van der Waals surface area (Å²) in [5.41, 5.74) is 1.24. The van der Waals surface area contributed by atoms with Gasteiger partial charge in [0.25, 0.3) is 0 Å². The van der Waals surface area contributed by atoms with Crippen molar-refractivity contribution >= 4 is 29.1 Å². The van der Waals surface area contributed by atoms with Gasteiger partial charge in [0.1, 0.15) is 11.8 Å². The first kappa shape index (κ1) is 19.7. The molecule has 1 atom stereocenters. The average molecular weight is 380 g/mol. The molecule has 0 spiro atoms. The highest BCUT2D eigenvalue weighted by Crippen LogP contribution is 2.27.